The van der Waals surface area contributed by atoms with E-state index in [0.29, 0.717) is 11.3 Å². The Hall–Kier alpha value is -4.40. The largest absolute Gasteiger partial charge is 0.496 e. The van der Waals surface area contributed by atoms with Gasteiger partial charge in [-0.05, 0) is 40.3 Å². The highest BCUT2D eigenvalue weighted by Gasteiger charge is 2.38. The van der Waals surface area contributed by atoms with Crippen LogP contribution < -0.4 is 20.7 Å². The predicted octanol–water partition coefficient (Wildman–Crippen LogP) is 5.37. The van der Waals surface area contributed by atoms with Crippen molar-refractivity contribution >= 4 is 50.6 Å². The molecule has 0 spiro atoms. The standard InChI is InChI=1S/C33H27O4P/c1-36-30-23-25(22-24-14-12-13-21-29(24)30)31(34)32(33(35)37-2)38(26-15-6-3-7-16-26,27-17-8-4-9-18-27)28-19-10-5-11-20-28/h3-23H,1-2H3. The van der Waals surface area contributed by atoms with Gasteiger partial charge in [-0.2, -0.15) is 0 Å². The molecule has 0 aliphatic heterocycles. The Morgan fingerprint density at radius 1 is 0.605 bits per heavy atom. The summed E-state index contributed by atoms with van der Waals surface area (Å²) in [6.07, 6.45) is 0. The van der Waals surface area contributed by atoms with Crippen LogP contribution in [-0.2, 0) is 9.53 Å². The smallest absolute Gasteiger partial charge is 0.342 e. The Morgan fingerprint density at radius 3 is 1.55 bits per heavy atom. The number of Topliss-reactive ketones (excluding diaryl/α,β-unsaturated/α-hetero) is 1. The van der Waals surface area contributed by atoms with Crippen molar-refractivity contribution in [1.82, 2.24) is 0 Å². The highest BCUT2D eigenvalue weighted by Crippen LogP contribution is 2.47. The summed E-state index contributed by atoms with van der Waals surface area (Å²) in [7, 11) is 2.91. The number of esters is 1. The van der Waals surface area contributed by atoms with Crippen molar-refractivity contribution < 1.29 is 19.1 Å². The van der Waals surface area contributed by atoms with Gasteiger partial charge in [0.25, 0.3) is 0 Å². The van der Waals surface area contributed by atoms with Gasteiger partial charge in [-0.25, -0.2) is 4.79 Å². The maximum Gasteiger partial charge on any atom is 0.342 e. The molecular formula is C33H27O4P. The highest BCUT2D eigenvalue weighted by atomic mass is 31.2. The van der Waals surface area contributed by atoms with E-state index in [1.807, 2.05) is 121 Å². The second kappa shape index (κ2) is 10.9. The molecule has 0 aliphatic carbocycles. The van der Waals surface area contributed by atoms with Crippen molar-refractivity contribution in [2.75, 3.05) is 14.2 Å². The van der Waals surface area contributed by atoms with E-state index in [2.05, 4.69) is 0 Å². The van der Waals surface area contributed by atoms with Crippen LogP contribution in [0.2, 0.25) is 0 Å². The molecule has 0 bridgehead atoms. The van der Waals surface area contributed by atoms with Crippen LogP contribution in [0, 0.1) is 0 Å². The molecule has 0 amide bonds. The first-order chi connectivity index (χ1) is 18.6. The average Bonchev–Trinajstić information content (AvgIpc) is 3.00. The zero-order valence-electron chi connectivity index (χ0n) is 21.2. The molecule has 0 aromatic heterocycles. The lowest BCUT2D eigenvalue weighted by atomic mass is 10.0. The zero-order valence-corrected chi connectivity index (χ0v) is 22.1. The average molecular weight is 519 g/mol. The fourth-order valence-corrected chi connectivity index (χ4v) is 9.31. The molecule has 4 nitrogen and oxygen atoms in total. The summed E-state index contributed by atoms with van der Waals surface area (Å²) in [5, 5.41) is 4.52. The van der Waals surface area contributed by atoms with E-state index in [4.69, 9.17) is 9.47 Å². The third-order valence-corrected chi connectivity index (χ3v) is 10.9. The summed E-state index contributed by atoms with van der Waals surface area (Å²) in [6, 6.07) is 40.6. The minimum absolute atomic E-state index is 0.112. The molecule has 0 unspecified atom stereocenters. The fraction of sp³-hybridized carbons (Fsp3) is 0.0606. The molecule has 0 aliphatic rings. The first kappa shape index (κ1) is 25.3. The van der Waals surface area contributed by atoms with Crippen LogP contribution in [0.1, 0.15) is 10.4 Å². The number of fused-ring (bicyclic) bond motifs is 1. The molecule has 0 atom stereocenters. The SMILES string of the molecule is COC(=O)C(C(=O)c1cc(OC)c2ccccc2c1)=P(c1ccccc1)(c1ccccc1)c1ccccc1. The van der Waals surface area contributed by atoms with Crippen molar-refractivity contribution in [2.24, 2.45) is 0 Å². The number of rotatable bonds is 7. The summed E-state index contributed by atoms with van der Waals surface area (Å²) in [4.78, 5) is 28.5. The van der Waals surface area contributed by atoms with Gasteiger partial charge in [0, 0.05) is 10.9 Å². The fourth-order valence-electron chi connectivity index (χ4n) is 4.98. The molecule has 0 radical (unpaired) electrons. The van der Waals surface area contributed by atoms with Crippen molar-refractivity contribution in [3.8, 4) is 5.75 Å². The highest BCUT2D eigenvalue weighted by molar-refractivity contribution is 7.97. The van der Waals surface area contributed by atoms with E-state index < -0.39 is 12.9 Å². The van der Waals surface area contributed by atoms with Gasteiger partial charge in [0.15, 0.2) is 0 Å². The maximum absolute atomic E-state index is 14.7. The number of benzene rings is 5. The molecule has 0 N–H and O–H groups in total. The molecular weight excluding hydrogens is 491 g/mol. The molecule has 5 aromatic rings. The van der Waals surface area contributed by atoms with Gasteiger partial charge >= 0.3 is 5.97 Å². The second-order valence-electron chi connectivity index (χ2n) is 8.75. The van der Waals surface area contributed by atoms with Gasteiger partial charge in [0.1, 0.15) is 11.0 Å². The molecule has 38 heavy (non-hydrogen) atoms. The summed E-state index contributed by atoms with van der Waals surface area (Å²) in [6.45, 7) is -2.99. The van der Waals surface area contributed by atoms with Gasteiger partial charge < -0.3 is 9.47 Å². The van der Waals surface area contributed by atoms with Gasteiger partial charge in [-0.3, -0.25) is 4.79 Å². The van der Waals surface area contributed by atoms with E-state index >= 15 is 0 Å². The van der Waals surface area contributed by atoms with Crippen LogP contribution in [0.4, 0.5) is 0 Å². The lowest BCUT2D eigenvalue weighted by Gasteiger charge is -2.31. The number of methoxy groups -OCH3 is 2. The van der Waals surface area contributed by atoms with Gasteiger partial charge in [0.2, 0.25) is 5.78 Å². The van der Waals surface area contributed by atoms with E-state index in [-0.39, 0.29) is 11.1 Å². The number of carbonyl (C=O) groups excluding carboxylic acids is 2. The first-order valence-electron chi connectivity index (χ1n) is 12.2. The van der Waals surface area contributed by atoms with Crippen LogP contribution in [-0.4, -0.2) is 31.3 Å². The van der Waals surface area contributed by atoms with Crippen LogP contribution in [0.15, 0.2) is 127 Å². The van der Waals surface area contributed by atoms with E-state index in [1.54, 1.807) is 13.2 Å². The number of ketones is 1. The van der Waals surface area contributed by atoms with Crippen LogP contribution in [0.25, 0.3) is 10.8 Å². The summed E-state index contributed by atoms with van der Waals surface area (Å²) < 4.78 is 11.0. The maximum atomic E-state index is 14.7. The normalized spacial score (nSPS) is 11.1. The summed E-state index contributed by atoms with van der Waals surface area (Å²) >= 11 is 0. The summed E-state index contributed by atoms with van der Waals surface area (Å²) in [5.74, 6) is -0.462. The molecule has 0 heterocycles. The van der Waals surface area contributed by atoms with Crippen molar-refractivity contribution in [3.05, 3.63) is 133 Å². The van der Waals surface area contributed by atoms with Crippen molar-refractivity contribution in [3.63, 3.8) is 0 Å². The van der Waals surface area contributed by atoms with Crippen molar-refractivity contribution in [1.29, 1.82) is 0 Å². The third kappa shape index (κ3) is 4.34. The van der Waals surface area contributed by atoms with E-state index in [1.165, 1.54) is 7.11 Å². The van der Waals surface area contributed by atoms with E-state index in [0.717, 1.165) is 26.7 Å². The molecule has 5 heteroatoms. The summed E-state index contributed by atoms with van der Waals surface area (Å²) in [5.41, 5.74) is 0.369. The number of carbonyl (C=O) groups is 2. The Bertz CT molecular complexity index is 1560. The second-order valence-corrected chi connectivity index (χ2v) is 12.1. The predicted molar refractivity (Wildman–Crippen MR) is 157 cm³/mol. The molecule has 0 fully saturated rings. The van der Waals surface area contributed by atoms with Crippen LogP contribution in [0.3, 0.4) is 0 Å². The van der Waals surface area contributed by atoms with Crippen molar-refractivity contribution in [2.45, 2.75) is 0 Å². The minimum Gasteiger partial charge on any atom is -0.496 e. The first-order valence-corrected chi connectivity index (χ1v) is 14.0. The topological polar surface area (TPSA) is 52.6 Å². The third-order valence-electron chi connectivity index (χ3n) is 6.67. The molecule has 188 valence electrons. The van der Waals surface area contributed by atoms with E-state index in [9.17, 15) is 9.59 Å². The van der Waals surface area contributed by atoms with Crippen LogP contribution >= 0.6 is 6.89 Å². The quantitative estimate of drug-likeness (QED) is 0.126. The Morgan fingerprint density at radius 2 is 1.08 bits per heavy atom. The lowest BCUT2D eigenvalue weighted by molar-refractivity contribution is -0.132. The van der Waals surface area contributed by atoms with Crippen LogP contribution in [0.5, 0.6) is 5.75 Å². The lowest BCUT2D eigenvalue weighted by Crippen LogP contribution is -2.38. The Balaban J connectivity index is 1.98. The molecule has 5 aromatic carbocycles. The zero-order chi connectivity index (χ0) is 26.5. The number of hydrogen-bond acceptors (Lipinski definition) is 4. The Kier molecular flexibility index (Phi) is 7.26. The molecule has 0 saturated carbocycles. The number of ether oxygens (including phenoxy) is 2. The monoisotopic (exact) mass is 518 g/mol. The molecule has 5 rings (SSSR count). The van der Waals surface area contributed by atoms with Gasteiger partial charge in [-0.15, -0.1) is 0 Å². The molecule has 0 saturated heterocycles. The minimum atomic E-state index is -2.99. The Labute approximate surface area is 222 Å². The van der Waals surface area contributed by atoms with Gasteiger partial charge in [0.05, 0.1) is 14.2 Å². The van der Waals surface area contributed by atoms with Gasteiger partial charge in [-0.1, -0.05) is 115 Å². The number of hydrogen-bond donors (Lipinski definition) is 0.